The molecule has 0 rings (SSSR count). The standard InChI is InChI=1S/C13H24F3N5O3/c1-3-9(23)12(2,24)11(10(17)13(14,15)16)21(8-22)7-5-4-6-19-20-18/h8-11,23-24H,3-7,17H2,1-2H3/t9-,10+,11-,12-/m1/s1. The zero-order valence-corrected chi connectivity index (χ0v) is 13.6. The molecule has 0 aliphatic carbocycles. The van der Waals surface area contributed by atoms with Gasteiger partial charge in [0.1, 0.15) is 11.6 Å². The fourth-order valence-corrected chi connectivity index (χ4v) is 2.47. The Morgan fingerprint density at radius 2 is 2.00 bits per heavy atom. The van der Waals surface area contributed by atoms with Gasteiger partial charge in [-0.25, -0.2) is 0 Å². The number of hydrogen-bond acceptors (Lipinski definition) is 5. The Morgan fingerprint density at radius 1 is 1.42 bits per heavy atom. The summed E-state index contributed by atoms with van der Waals surface area (Å²) in [6.45, 7) is 2.51. The Kier molecular flexibility index (Phi) is 9.05. The molecule has 0 saturated heterocycles. The number of halogens is 3. The first kappa shape index (κ1) is 22.4. The average molecular weight is 355 g/mol. The highest BCUT2D eigenvalue weighted by molar-refractivity contribution is 5.48. The Morgan fingerprint density at radius 3 is 2.42 bits per heavy atom. The van der Waals surface area contributed by atoms with Crippen LogP contribution in [0.4, 0.5) is 13.2 Å². The molecule has 0 aromatic carbocycles. The van der Waals surface area contributed by atoms with E-state index in [2.05, 4.69) is 10.0 Å². The Hall–Kier alpha value is -1.55. The molecule has 0 bridgehead atoms. The van der Waals surface area contributed by atoms with E-state index >= 15 is 0 Å². The highest BCUT2D eigenvalue weighted by atomic mass is 19.4. The predicted octanol–water partition coefficient (Wildman–Crippen LogP) is 1.32. The summed E-state index contributed by atoms with van der Waals surface area (Å²) in [4.78, 5) is 14.6. The summed E-state index contributed by atoms with van der Waals surface area (Å²) in [5.74, 6) is 0. The minimum absolute atomic E-state index is 0.0162. The lowest BCUT2D eigenvalue weighted by atomic mass is 9.83. The van der Waals surface area contributed by atoms with Gasteiger partial charge >= 0.3 is 6.18 Å². The number of azide groups is 1. The van der Waals surface area contributed by atoms with Gasteiger partial charge < -0.3 is 20.8 Å². The fraction of sp³-hybridized carbons (Fsp3) is 0.923. The van der Waals surface area contributed by atoms with E-state index in [0.717, 1.165) is 11.8 Å². The van der Waals surface area contributed by atoms with E-state index < -0.39 is 30.0 Å². The van der Waals surface area contributed by atoms with E-state index in [1.54, 1.807) is 0 Å². The molecular formula is C13H24F3N5O3. The quantitative estimate of drug-likeness (QED) is 0.169. The van der Waals surface area contributed by atoms with Gasteiger partial charge in [-0.15, -0.1) is 0 Å². The molecule has 0 fully saturated rings. The van der Waals surface area contributed by atoms with Crippen molar-refractivity contribution in [3.8, 4) is 0 Å². The fourth-order valence-electron chi connectivity index (χ4n) is 2.47. The third kappa shape index (κ3) is 6.16. The van der Waals surface area contributed by atoms with Gasteiger partial charge in [0, 0.05) is 18.0 Å². The highest BCUT2D eigenvalue weighted by Crippen LogP contribution is 2.31. The minimum Gasteiger partial charge on any atom is -0.390 e. The van der Waals surface area contributed by atoms with Gasteiger partial charge in [-0.1, -0.05) is 12.0 Å². The lowest BCUT2D eigenvalue weighted by Crippen LogP contribution is -2.67. The first-order valence-electron chi connectivity index (χ1n) is 7.48. The summed E-state index contributed by atoms with van der Waals surface area (Å²) in [6, 6.07) is -4.39. The van der Waals surface area contributed by atoms with Crippen molar-refractivity contribution in [1.82, 2.24) is 4.90 Å². The molecule has 0 heterocycles. The third-order valence-corrected chi connectivity index (χ3v) is 3.86. The SMILES string of the molecule is CC[C@@H](O)[C@@](C)(O)[C@@H]([C@H](N)C(F)(F)F)N(C=O)CCCCN=[N+]=[N-]. The molecular weight excluding hydrogens is 331 g/mol. The molecule has 140 valence electrons. The number of carbonyl (C=O) groups excluding carboxylic acids is 1. The molecule has 24 heavy (non-hydrogen) atoms. The summed E-state index contributed by atoms with van der Waals surface area (Å²) < 4.78 is 39.2. The van der Waals surface area contributed by atoms with E-state index in [4.69, 9.17) is 11.3 Å². The van der Waals surface area contributed by atoms with Crippen LogP contribution in [0.25, 0.3) is 10.4 Å². The van der Waals surface area contributed by atoms with Crippen molar-refractivity contribution in [1.29, 1.82) is 0 Å². The Labute approximate surface area is 138 Å². The lowest BCUT2D eigenvalue weighted by Gasteiger charge is -2.44. The summed E-state index contributed by atoms with van der Waals surface area (Å²) in [6.07, 6.45) is -5.62. The Bertz CT molecular complexity index is 441. The monoisotopic (exact) mass is 355 g/mol. The molecule has 0 aliphatic heterocycles. The normalized spacial score (nSPS) is 18.0. The second-order valence-electron chi connectivity index (χ2n) is 5.67. The molecule has 0 aromatic rings. The lowest BCUT2D eigenvalue weighted by molar-refractivity contribution is -0.197. The van der Waals surface area contributed by atoms with E-state index in [1.807, 2.05) is 0 Å². The van der Waals surface area contributed by atoms with Gasteiger partial charge in [0.15, 0.2) is 0 Å². The maximum atomic E-state index is 13.1. The van der Waals surface area contributed by atoms with E-state index in [-0.39, 0.29) is 32.3 Å². The van der Waals surface area contributed by atoms with Crippen molar-refractivity contribution < 1.29 is 28.2 Å². The second kappa shape index (κ2) is 9.67. The topological polar surface area (TPSA) is 136 Å². The summed E-state index contributed by atoms with van der Waals surface area (Å²) in [5, 5.41) is 23.6. The molecule has 8 nitrogen and oxygen atoms in total. The van der Waals surface area contributed by atoms with Gasteiger partial charge in [-0.05, 0) is 31.7 Å². The molecule has 4 atom stereocenters. The molecule has 0 saturated carbocycles. The first-order valence-corrected chi connectivity index (χ1v) is 7.48. The maximum absolute atomic E-state index is 13.1. The number of carbonyl (C=O) groups is 1. The Balaban J connectivity index is 5.40. The molecule has 0 aliphatic rings. The van der Waals surface area contributed by atoms with Gasteiger partial charge in [0.05, 0.1) is 12.1 Å². The van der Waals surface area contributed by atoms with Crippen LogP contribution in [0.15, 0.2) is 5.11 Å². The number of unbranched alkanes of at least 4 members (excludes halogenated alkanes) is 1. The molecule has 0 unspecified atom stereocenters. The van der Waals surface area contributed by atoms with Crippen LogP contribution in [0.3, 0.4) is 0 Å². The van der Waals surface area contributed by atoms with Crippen molar-refractivity contribution in [2.24, 2.45) is 10.8 Å². The van der Waals surface area contributed by atoms with Crippen LogP contribution in [0.5, 0.6) is 0 Å². The largest absolute Gasteiger partial charge is 0.405 e. The number of aliphatic hydroxyl groups excluding tert-OH is 1. The van der Waals surface area contributed by atoms with Crippen molar-refractivity contribution in [2.45, 2.75) is 63.1 Å². The zero-order chi connectivity index (χ0) is 19.0. The smallest absolute Gasteiger partial charge is 0.390 e. The molecule has 0 spiro atoms. The minimum atomic E-state index is -4.87. The number of hydrogen-bond donors (Lipinski definition) is 3. The van der Waals surface area contributed by atoms with Crippen LogP contribution in [0.2, 0.25) is 0 Å². The van der Waals surface area contributed by atoms with E-state index in [9.17, 15) is 28.2 Å². The predicted molar refractivity (Wildman–Crippen MR) is 80.8 cm³/mol. The van der Waals surface area contributed by atoms with Crippen LogP contribution < -0.4 is 5.73 Å². The zero-order valence-electron chi connectivity index (χ0n) is 13.6. The van der Waals surface area contributed by atoms with Crippen molar-refractivity contribution in [3.05, 3.63) is 10.4 Å². The highest BCUT2D eigenvalue weighted by Gasteiger charge is 2.53. The number of alkyl halides is 3. The second-order valence-corrected chi connectivity index (χ2v) is 5.67. The van der Waals surface area contributed by atoms with Crippen LogP contribution in [-0.2, 0) is 4.79 Å². The summed E-state index contributed by atoms with van der Waals surface area (Å²) in [5.41, 5.74) is 11.1. The molecule has 0 aromatic heterocycles. The molecule has 4 N–H and O–H groups in total. The van der Waals surface area contributed by atoms with Crippen LogP contribution >= 0.6 is 0 Å². The van der Waals surface area contributed by atoms with Crippen LogP contribution in [-0.4, -0.2) is 64.6 Å². The van der Waals surface area contributed by atoms with Crippen molar-refractivity contribution in [3.63, 3.8) is 0 Å². The number of nitrogens with two attached hydrogens (primary N) is 1. The van der Waals surface area contributed by atoms with Gasteiger partial charge in [0.2, 0.25) is 6.41 Å². The molecule has 0 radical (unpaired) electrons. The van der Waals surface area contributed by atoms with Crippen molar-refractivity contribution in [2.75, 3.05) is 13.1 Å². The summed E-state index contributed by atoms with van der Waals surface area (Å²) >= 11 is 0. The first-order chi connectivity index (χ1) is 11.0. The number of aliphatic hydroxyl groups is 2. The summed E-state index contributed by atoms with van der Waals surface area (Å²) in [7, 11) is 0. The number of nitrogens with zero attached hydrogens (tertiary/aromatic N) is 4. The average Bonchev–Trinajstić information content (AvgIpc) is 2.50. The van der Waals surface area contributed by atoms with E-state index in [1.165, 1.54) is 6.92 Å². The van der Waals surface area contributed by atoms with Gasteiger partial charge in [-0.3, -0.25) is 4.79 Å². The third-order valence-electron chi connectivity index (χ3n) is 3.86. The van der Waals surface area contributed by atoms with E-state index in [0.29, 0.717) is 6.42 Å². The molecule has 1 amide bonds. The number of amides is 1. The van der Waals surface area contributed by atoms with Crippen LogP contribution in [0, 0.1) is 0 Å². The maximum Gasteiger partial charge on any atom is 0.405 e. The van der Waals surface area contributed by atoms with Crippen molar-refractivity contribution >= 4 is 6.41 Å². The van der Waals surface area contributed by atoms with Gasteiger partial charge in [-0.2, -0.15) is 13.2 Å². The molecule has 11 heteroatoms. The van der Waals surface area contributed by atoms with Gasteiger partial charge in [0.25, 0.3) is 0 Å². The van der Waals surface area contributed by atoms with Crippen LogP contribution in [0.1, 0.15) is 33.1 Å². The number of rotatable bonds is 11.